The molecule has 6 rings (SSSR count). The first-order valence-corrected chi connectivity index (χ1v) is 14.6. The van der Waals surface area contributed by atoms with Crippen molar-refractivity contribution in [1.29, 1.82) is 0 Å². The van der Waals surface area contributed by atoms with Crippen LogP contribution in [0.5, 0.6) is 0 Å². The van der Waals surface area contributed by atoms with Gasteiger partial charge in [-0.3, -0.25) is 9.88 Å². The maximum Gasteiger partial charge on any atom is 0.0691 e. The number of rotatable bonds is 5. The van der Waals surface area contributed by atoms with Crippen molar-refractivity contribution in [1.82, 2.24) is 15.2 Å². The number of nitrogens with one attached hydrogen (secondary N) is 1. The smallest absolute Gasteiger partial charge is 0.0691 e. The van der Waals surface area contributed by atoms with Gasteiger partial charge in [0, 0.05) is 48.1 Å². The average molecular weight is 488 g/mol. The van der Waals surface area contributed by atoms with E-state index in [-0.39, 0.29) is 16.6 Å². The number of aromatic nitrogens is 1. The van der Waals surface area contributed by atoms with Gasteiger partial charge in [0.1, 0.15) is 0 Å². The van der Waals surface area contributed by atoms with Crippen molar-refractivity contribution in [2.75, 3.05) is 19.7 Å². The zero-order valence-corrected chi connectivity index (χ0v) is 22.7. The van der Waals surface area contributed by atoms with Crippen molar-refractivity contribution < 1.29 is 4.74 Å². The molecular weight excluding hydrogens is 442 g/mol. The van der Waals surface area contributed by atoms with Crippen LogP contribution in [0.25, 0.3) is 0 Å². The molecule has 0 radical (unpaired) electrons. The van der Waals surface area contributed by atoms with Crippen molar-refractivity contribution in [2.24, 2.45) is 0 Å². The summed E-state index contributed by atoms with van der Waals surface area (Å²) in [5.74, 6) is 0. The highest BCUT2D eigenvalue weighted by Crippen LogP contribution is 2.50. The lowest BCUT2D eigenvalue weighted by atomic mass is 9.68. The molecule has 2 aromatic rings. The van der Waals surface area contributed by atoms with Gasteiger partial charge in [-0.05, 0) is 108 Å². The number of hydrogen-bond acceptors (Lipinski definition) is 4. The summed E-state index contributed by atoms with van der Waals surface area (Å²) in [6.45, 7) is 10.2. The van der Waals surface area contributed by atoms with Crippen molar-refractivity contribution >= 4 is 0 Å². The van der Waals surface area contributed by atoms with E-state index < -0.39 is 0 Å². The maximum absolute atomic E-state index is 6.47. The lowest BCUT2D eigenvalue weighted by molar-refractivity contribution is -0.104. The van der Waals surface area contributed by atoms with E-state index in [1.54, 1.807) is 16.7 Å². The minimum atomic E-state index is 0.0861. The van der Waals surface area contributed by atoms with E-state index in [0.29, 0.717) is 12.1 Å². The highest BCUT2D eigenvalue weighted by Gasteiger charge is 2.48. The molecule has 194 valence electrons. The number of pyridine rings is 1. The van der Waals surface area contributed by atoms with E-state index >= 15 is 0 Å². The standard InChI is InChI=1S/C32H45N3O/c1-30(2,3)35-21-14-24-9-8-10-25-26(12-13-27(35)29(24)25)33-20-17-31(28-11-4-7-19-34-28)18-22-36-32(23-31)15-5-6-16-32/h4,7-11,19,26-27,33H,5-6,12-18,20-23H2,1-3H3/t26?,27?,31-/m1/s1. The van der Waals surface area contributed by atoms with Crippen LogP contribution in [0.3, 0.4) is 0 Å². The molecule has 2 aliphatic heterocycles. The van der Waals surface area contributed by atoms with Crippen LogP contribution in [-0.4, -0.2) is 40.7 Å². The van der Waals surface area contributed by atoms with Gasteiger partial charge >= 0.3 is 0 Å². The lowest BCUT2D eigenvalue weighted by Crippen LogP contribution is -2.49. The summed E-state index contributed by atoms with van der Waals surface area (Å²) in [6.07, 6.45) is 14.0. The quantitative estimate of drug-likeness (QED) is 0.512. The van der Waals surface area contributed by atoms with E-state index in [4.69, 9.17) is 9.72 Å². The predicted molar refractivity (Wildman–Crippen MR) is 146 cm³/mol. The van der Waals surface area contributed by atoms with Gasteiger partial charge in [0.05, 0.1) is 5.60 Å². The van der Waals surface area contributed by atoms with Crippen LogP contribution in [0.1, 0.15) is 113 Å². The third-order valence-corrected chi connectivity index (χ3v) is 9.89. The molecule has 4 aliphatic rings. The maximum atomic E-state index is 6.47. The second-order valence-corrected chi connectivity index (χ2v) is 13.0. The van der Waals surface area contributed by atoms with Crippen LogP contribution in [0.4, 0.5) is 0 Å². The fourth-order valence-corrected chi connectivity index (χ4v) is 8.19. The predicted octanol–water partition coefficient (Wildman–Crippen LogP) is 6.66. The summed E-state index contributed by atoms with van der Waals surface area (Å²) in [6, 6.07) is 14.6. The molecule has 2 fully saturated rings. The molecule has 0 bridgehead atoms. The molecule has 2 unspecified atom stereocenters. The molecular formula is C32H45N3O. The number of hydrogen-bond donors (Lipinski definition) is 1. The Morgan fingerprint density at radius 2 is 1.92 bits per heavy atom. The molecule has 1 saturated carbocycles. The zero-order chi connectivity index (χ0) is 24.8. The summed E-state index contributed by atoms with van der Waals surface area (Å²) in [4.78, 5) is 7.67. The second kappa shape index (κ2) is 9.53. The first-order valence-electron chi connectivity index (χ1n) is 14.6. The summed E-state index contributed by atoms with van der Waals surface area (Å²) in [5, 5.41) is 4.06. The van der Waals surface area contributed by atoms with Crippen molar-refractivity contribution in [3.63, 3.8) is 0 Å². The van der Waals surface area contributed by atoms with Gasteiger partial charge in [0.2, 0.25) is 0 Å². The van der Waals surface area contributed by atoms with Gasteiger partial charge in [-0.1, -0.05) is 37.1 Å². The minimum Gasteiger partial charge on any atom is -0.375 e. The molecule has 0 amide bonds. The molecule has 36 heavy (non-hydrogen) atoms. The van der Waals surface area contributed by atoms with Crippen LogP contribution >= 0.6 is 0 Å². The van der Waals surface area contributed by atoms with E-state index in [0.717, 1.165) is 32.4 Å². The van der Waals surface area contributed by atoms with E-state index in [1.807, 2.05) is 6.20 Å². The number of ether oxygens (including phenoxy) is 1. The normalized spacial score (nSPS) is 29.9. The third-order valence-electron chi connectivity index (χ3n) is 9.89. The Labute approximate surface area is 218 Å². The van der Waals surface area contributed by atoms with Gasteiger partial charge in [-0.15, -0.1) is 0 Å². The Bertz CT molecular complexity index is 1050. The molecule has 1 spiro atoms. The highest BCUT2D eigenvalue weighted by atomic mass is 16.5. The Kier molecular flexibility index (Phi) is 6.50. The van der Waals surface area contributed by atoms with Crippen molar-refractivity contribution in [2.45, 2.75) is 114 Å². The molecule has 3 atom stereocenters. The molecule has 1 saturated heterocycles. The SMILES string of the molecule is CC(C)(C)N1CCc2cccc3c2C1CCC3NCC[C@@]1(c2ccccn2)CCOC2(CCCC2)C1. The molecule has 1 aromatic heterocycles. The fraction of sp³-hybridized carbons (Fsp3) is 0.656. The van der Waals surface area contributed by atoms with Gasteiger partial charge in [0.25, 0.3) is 0 Å². The van der Waals surface area contributed by atoms with Crippen LogP contribution in [0.15, 0.2) is 42.6 Å². The first-order chi connectivity index (χ1) is 17.4. The van der Waals surface area contributed by atoms with E-state index in [9.17, 15) is 0 Å². The molecule has 1 N–H and O–H groups in total. The van der Waals surface area contributed by atoms with Crippen molar-refractivity contribution in [3.8, 4) is 0 Å². The Morgan fingerprint density at radius 1 is 1.06 bits per heavy atom. The zero-order valence-electron chi connectivity index (χ0n) is 22.7. The Balaban J connectivity index is 1.22. The van der Waals surface area contributed by atoms with Gasteiger partial charge < -0.3 is 10.1 Å². The largest absolute Gasteiger partial charge is 0.375 e. The summed E-state index contributed by atoms with van der Waals surface area (Å²) in [7, 11) is 0. The Morgan fingerprint density at radius 3 is 2.69 bits per heavy atom. The van der Waals surface area contributed by atoms with E-state index in [2.05, 4.69) is 67.4 Å². The molecule has 3 heterocycles. The highest BCUT2D eigenvalue weighted by molar-refractivity contribution is 5.43. The van der Waals surface area contributed by atoms with Crippen molar-refractivity contribution in [3.05, 3.63) is 65.0 Å². The molecule has 1 aromatic carbocycles. The Hall–Kier alpha value is -1.75. The van der Waals surface area contributed by atoms with E-state index in [1.165, 1.54) is 57.2 Å². The fourth-order valence-electron chi connectivity index (χ4n) is 8.19. The topological polar surface area (TPSA) is 37.4 Å². The van der Waals surface area contributed by atoms with Gasteiger partial charge in [0.15, 0.2) is 0 Å². The lowest BCUT2D eigenvalue weighted by Gasteiger charge is -2.49. The second-order valence-electron chi connectivity index (χ2n) is 13.0. The van der Waals surface area contributed by atoms with Gasteiger partial charge in [-0.2, -0.15) is 0 Å². The molecule has 2 aliphatic carbocycles. The average Bonchev–Trinajstić information content (AvgIpc) is 3.32. The van der Waals surface area contributed by atoms with Crippen LogP contribution in [0.2, 0.25) is 0 Å². The number of nitrogens with zero attached hydrogens (tertiary/aromatic N) is 2. The van der Waals surface area contributed by atoms with Crippen LogP contribution in [-0.2, 0) is 16.6 Å². The van der Waals surface area contributed by atoms with Gasteiger partial charge in [-0.25, -0.2) is 0 Å². The first kappa shape index (κ1) is 24.6. The molecule has 4 heteroatoms. The minimum absolute atomic E-state index is 0.0861. The molecule has 4 nitrogen and oxygen atoms in total. The summed E-state index contributed by atoms with van der Waals surface area (Å²) >= 11 is 0. The third kappa shape index (κ3) is 4.44. The van der Waals surface area contributed by atoms with Crippen LogP contribution < -0.4 is 5.32 Å². The monoisotopic (exact) mass is 487 g/mol. The summed E-state index contributed by atoms with van der Waals surface area (Å²) < 4.78 is 6.47. The summed E-state index contributed by atoms with van der Waals surface area (Å²) in [5.41, 5.74) is 6.48. The number of benzene rings is 1. The van der Waals surface area contributed by atoms with Crippen LogP contribution in [0, 0.1) is 0 Å².